The summed E-state index contributed by atoms with van der Waals surface area (Å²) in [5.41, 5.74) is 5.35. The predicted octanol–water partition coefficient (Wildman–Crippen LogP) is 0.901. The number of aliphatic hydroxyl groups is 1. The molecule has 0 aromatic carbocycles. The molecule has 0 saturated heterocycles. The Morgan fingerprint density at radius 2 is 2.23 bits per heavy atom. The molecule has 1 fully saturated rings. The number of hydrogen-bond donors (Lipinski definition) is 2. The van der Waals surface area contributed by atoms with Crippen molar-refractivity contribution in [2.45, 2.75) is 44.8 Å². The molecule has 1 rings (SSSR count). The van der Waals surface area contributed by atoms with E-state index in [4.69, 9.17) is 10.5 Å². The molecule has 0 spiro atoms. The van der Waals surface area contributed by atoms with Gasteiger partial charge in [-0.1, -0.05) is 0 Å². The average molecular weight is 187 g/mol. The second-order valence-electron chi connectivity index (χ2n) is 3.88. The second-order valence-corrected chi connectivity index (χ2v) is 3.88. The minimum Gasteiger partial charge on any atom is -0.393 e. The molecule has 1 atom stereocenters. The van der Waals surface area contributed by atoms with E-state index in [0.717, 1.165) is 32.3 Å². The monoisotopic (exact) mass is 187 g/mol. The van der Waals surface area contributed by atoms with E-state index in [1.54, 1.807) is 0 Å². The molecule has 3 nitrogen and oxygen atoms in total. The van der Waals surface area contributed by atoms with Crippen molar-refractivity contribution in [3.8, 4) is 0 Å². The van der Waals surface area contributed by atoms with Crippen LogP contribution in [0.3, 0.4) is 0 Å². The topological polar surface area (TPSA) is 55.5 Å². The maximum Gasteiger partial charge on any atom is 0.0580 e. The summed E-state index contributed by atoms with van der Waals surface area (Å²) in [6.45, 7) is 3.42. The first kappa shape index (κ1) is 11.0. The molecule has 0 bridgehead atoms. The molecule has 0 amide bonds. The smallest absolute Gasteiger partial charge is 0.0580 e. The highest BCUT2D eigenvalue weighted by atomic mass is 16.5. The van der Waals surface area contributed by atoms with Crippen LogP contribution in [0.2, 0.25) is 0 Å². The van der Waals surface area contributed by atoms with Gasteiger partial charge in [0.05, 0.1) is 12.2 Å². The van der Waals surface area contributed by atoms with Gasteiger partial charge in [-0.25, -0.2) is 0 Å². The Hall–Kier alpha value is -0.120. The van der Waals surface area contributed by atoms with E-state index in [2.05, 4.69) is 0 Å². The largest absolute Gasteiger partial charge is 0.393 e. The average Bonchev–Trinajstić information content (AvgIpc) is 2.01. The molecule has 0 heterocycles. The Balaban J connectivity index is 2.00. The summed E-state index contributed by atoms with van der Waals surface area (Å²) in [6, 6.07) is 0. The summed E-state index contributed by atoms with van der Waals surface area (Å²) < 4.78 is 5.44. The Bertz CT molecular complexity index is 135. The third kappa shape index (κ3) is 3.63. The molecular formula is C10H21NO2. The fraction of sp³-hybridized carbons (Fsp3) is 1.00. The van der Waals surface area contributed by atoms with E-state index >= 15 is 0 Å². The molecule has 1 aliphatic carbocycles. The van der Waals surface area contributed by atoms with Crippen molar-refractivity contribution in [1.82, 2.24) is 0 Å². The lowest BCUT2D eigenvalue weighted by molar-refractivity contribution is -0.0380. The number of hydrogen-bond acceptors (Lipinski definition) is 3. The van der Waals surface area contributed by atoms with Gasteiger partial charge in [-0.2, -0.15) is 0 Å². The number of rotatable bonds is 6. The van der Waals surface area contributed by atoms with E-state index in [1.807, 2.05) is 6.92 Å². The van der Waals surface area contributed by atoms with Crippen LogP contribution < -0.4 is 5.73 Å². The van der Waals surface area contributed by atoms with Crippen LogP contribution in [0.25, 0.3) is 0 Å². The SMILES string of the molecule is CCOC1CC(CC(O)CCN)C1. The highest BCUT2D eigenvalue weighted by Crippen LogP contribution is 2.33. The fourth-order valence-corrected chi connectivity index (χ4v) is 1.93. The maximum atomic E-state index is 9.48. The molecule has 13 heavy (non-hydrogen) atoms. The lowest BCUT2D eigenvalue weighted by Gasteiger charge is -2.36. The van der Waals surface area contributed by atoms with Gasteiger partial charge in [-0.3, -0.25) is 0 Å². The Kier molecular flexibility index (Phi) is 4.70. The molecule has 0 radical (unpaired) electrons. The highest BCUT2D eigenvalue weighted by molar-refractivity contribution is 4.82. The van der Waals surface area contributed by atoms with Crippen molar-refractivity contribution in [3.05, 3.63) is 0 Å². The van der Waals surface area contributed by atoms with Crippen molar-refractivity contribution in [2.24, 2.45) is 11.7 Å². The quantitative estimate of drug-likeness (QED) is 0.649. The highest BCUT2D eigenvalue weighted by Gasteiger charge is 2.30. The normalized spacial score (nSPS) is 29.8. The van der Waals surface area contributed by atoms with Crippen LogP contribution in [0.1, 0.15) is 32.6 Å². The third-order valence-corrected chi connectivity index (χ3v) is 2.70. The molecule has 0 aromatic rings. The van der Waals surface area contributed by atoms with Crippen LogP contribution >= 0.6 is 0 Å². The van der Waals surface area contributed by atoms with Gasteiger partial charge < -0.3 is 15.6 Å². The van der Waals surface area contributed by atoms with Gasteiger partial charge in [-0.05, 0) is 45.1 Å². The molecule has 3 N–H and O–H groups in total. The molecule has 1 unspecified atom stereocenters. The van der Waals surface area contributed by atoms with Gasteiger partial charge in [0.1, 0.15) is 0 Å². The molecule has 78 valence electrons. The molecule has 1 aliphatic rings. The lowest BCUT2D eigenvalue weighted by Crippen LogP contribution is -2.34. The molecule has 3 heteroatoms. The van der Waals surface area contributed by atoms with Gasteiger partial charge in [0.15, 0.2) is 0 Å². The van der Waals surface area contributed by atoms with E-state index in [1.165, 1.54) is 0 Å². The van der Waals surface area contributed by atoms with Gasteiger partial charge in [0.2, 0.25) is 0 Å². The van der Waals surface area contributed by atoms with E-state index in [0.29, 0.717) is 18.6 Å². The standard InChI is InChI=1S/C10H21NO2/c1-2-13-10-6-8(7-10)5-9(12)3-4-11/h8-10,12H,2-7,11H2,1H3. The van der Waals surface area contributed by atoms with E-state index < -0.39 is 0 Å². The summed E-state index contributed by atoms with van der Waals surface area (Å²) in [4.78, 5) is 0. The van der Waals surface area contributed by atoms with Crippen LogP contribution in [0, 0.1) is 5.92 Å². The zero-order valence-corrected chi connectivity index (χ0v) is 8.41. The van der Waals surface area contributed by atoms with Crippen LogP contribution in [0.5, 0.6) is 0 Å². The first-order valence-corrected chi connectivity index (χ1v) is 5.26. The van der Waals surface area contributed by atoms with Gasteiger partial charge in [-0.15, -0.1) is 0 Å². The minimum atomic E-state index is -0.197. The van der Waals surface area contributed by atoms with Gasteiger partial charge >= 0.3 is 0 Å². The van der Waals surface area contributed by atoms with Crippen molar-refractivity contribution in [3.63, 3.8) is 0 Å². The van der Waals surface area contributed by atoms with Crippen LogP contribution in [-0.2, 0) is 4.74 Å². The van der Waals surface area contributed by atoms with Crippen molar-refractivity contribution >= 4 is 0 Å². The van der Waals surface area contributed by atoms with E-state index in [-0.39, 0.29) is 6.10 Å². The third-order valence-electron chi connectivity index (χ3n) is 2.70. The summed E-state index contributed by atoms with van der Waals surface area (Å²) in [7, 11) is 0. The molecular weight excluding hydrogens is 166 g/mol. The molecule has 1 saturated carbocycles. The number of ether oxygens (including phenoxy) is 1. The second kappa shape index (κ2) is 5.58. The van der Waals surface area contributed by atoms with Crippen LogP contribution in [-0.4, -0.2) is 30.5 Å². The maximum absolute atomic E-state index is 9.48. The summed E-state index contributed by atoms with van der Waals surface area (Å²) in [6.07, 6.45) is 4.14. The van der Waals surface area contributed by atoms with Crippen LogP contribution in [0.15, 0.2) is 0 Å². The number of aliphatic hydroxyl groups excluding tert-OH is 1. The Labute approximate surface area is 80.3 Å². The predicted molar refractivity (Wildman–Crippen MR) is 52.4 cm³/mol. The van der Waals surface area contributed by atoms with Gasteiger partial charge in [0, 0.05) is 6.61 Å². The first-order chi connectivity index (χ1) is 6.26. The summed E-state index contributed by atoms with van der Waals surface area (Å²) in [5.74, 6) is 0.665. The Morgan fingerprint density at radius 3 is 2.77 bits per heavy atom. The summed E-state index contributed by atoms with van der Waals surface area (Å²) in [5, 5.41) is 9.48. The Morgan fingerprint density at radius 1 is 1.54 bits per heavy atom. The zero-order chi connectivity index (χ0) is 9.68. The zero-order valence-electron chi connectivity index (χ0n) is 8.41. The lowest BCUT2D eigenvalue weighted by atomic mass is 9.78. The van der Waals surface area contributed by atoms with Crippen molar-refractivity contribution in [2.75, 3.05) is 13.2 Å². The summed E-state index contributed by atoms with van der Waals surface area (Å²) >= 11 is 0. The van der Waals surface area contributed by atoms with Gasteiger partial charge in [0.25, 0.3) is 0 Å². The minimum absolute atomic E-state index is 0.197. The molecule has 0 aliphatic heterocycles. The van der Waals surface area contributed by atoms with E-state index in [9.17, 15) is 5.11 Å². The van der Waals surface area contributed by atoms with Crippen LogP contribution in [0.4, 0.5) is 0 Å². The van der Waals surface area contributed by atoms with Crippen molar-refractivity contribution < 1.29 is 9.84 Å². The first-order valence-electron chi connectivity index (χ1n) is 5.26. The fourth-order valence-electron chi connectivity index (χ4n) is 1.93. The molecule has 0 aromatic heterocycles. The van der Waals surface area contributed by atoms with Crippen molar-refractivity contribution in [1.29, 1.82) is 0 Å². The number of nitrogens with two attached hydrogens (primary N) is 1.